The molecule has 0 bridgehead atoms. The molecule has 0 aliphatic heterocycles. The van der Waals surface area contributed by atoms with Crippen molar-refractivity contribution in [3.8, 4) is 5.75 Å². The van der Waals surface area contributed by atoms with E-state index in [1.807, 2.05) is 0 Å². The van der Waals surface area contributed by atoms with Gasteiger partial charge in [0.05, 0.1) is 18.6 Å². The van der Waals surface area contributed by atoms with E-state index in [9.17, 15) is 10.1 Å². The molecule has 0 saturated carbocycles. The predicted molar refractivity (Wildman–Crippen MR) is 73.8 cm³/mol. The number of ether oxygens (including phenoxy) is 2. The first-order chi connectivity index (χ1) is 9.04. The number of nitrogens with zero attached hydrogens (tertiary/aromatic N) is 1. The molecular formula is C13H20N2O4. The number of nitrogens with one attached hydrogen (secondary N) is 1. The van der Waals surface area contributed by atoms with Gasteiger partial charge >= 0.3 is 0 Å². The molecule has 0 unspecified atom stereocenters. The Labute approximate surface area is 112 Å². The highest BCUT2D eigenvalue weighted by molar-refractivity contribution is 5.64. The van der Waals surface area contributed by atoms with Crippen molar-refractivity contribution in [2.24, 2.45) is 5.92 Å². The maximum atomic E-state index is 10.9. The molecule has 0 aliphatic rings. The van der Waals surface area contributed by atoms with Gasteiger partial charge in [-0.1, -0.05) is 13.8 Å². The van der Waals surface area contributed by atoms with Gasteiger partial charge in [0.15, 0.2) is 0 Å². The van der Waals surface area contributed by atoms with Crippen LogP contribution in [0.2, 0.25) is 0 Å². The van der Waals surface area contributed by atoms with Gasteiger partial charge in [0.25, 0.3) is 5.69 Å². The minimum absolute atomic E-state index is 0.0321. The second kappa shape index (κ2) is 7.58. The number of anilines is 1. The average molecular weight is 268 g/mol. The van der Waals surface area contributed by atoms with E-state index in [1.165, 1.54) is 13.2 Å². The van der Waals surface area contributed by atoms with Crippen LogP contribution in [0.25, 0.3) is 0 Å². The van der Waals surface area contributed by atoms with Gasteiger partial charge in [0.2, 0.25) is 0 Å². The highest BCUT2D eigenvalue weighted by Crippen LogP contribution is 2.28. The van der Waals surface area contributed by atoms with E-state index in [0.29, 0.717) is 37.1 Å². The zero-order valence-corrected chi connectivity index (χ0v) is 11.5. The zero-order valence-electron chi connectivity index (χ0n) is 11.5. The van der Waals surface area contributed by atoms with Crippen LogP contribution in [0.1, 0.15) is 13.8 Å². The summed E-state index contributed by atoms with van der Waals surface area (Å²) < 4.78 is 10.5. The van der Waals surface area contributed by atoms with Crippen LogP contribution >= 0.6 is 0 Å². The summed E-state index contributed by atoms with van der Waals surface area (Å²) in [6.45, 7) is 5.84. The van der Waals surface area contributed by atoms with E-state index in [1.54, 1.807) is 12.1 Å². The van der Waals surface area contributed by atoms with Crippen molar-refractivity contribution in [3.63, 3.8) is 0 Å². The van der Waals surface area contributed by atoms with Gasteiger partial charge in [-0.25, -0.2) is 0 Å². The Balaban J connectivity index is 2.57. The third kappa shape index (κ3) is 5.13. The van der Waals surface area contributed by atoms with Crippen molar-refractivity contribution >= 4 is 11.4 Å². The Morgan fingerprint density at radius 3 is 2.74 bits per heavy atom. The Bertz CT molecular complexity index is 421. The molecule has 0 aliphatic carbocycles. The number of nitro benzene ring substituents is 1. The molecule has 0 radical (unpaired) electrons. The van der Waals surface area contributed by atoms with Crippen LogP contribution in [0.5, 0.6) is 5.75 Å². The summed E-state index contributed by atoms with van der Waals surface area (Å²) in [5.41, 5.74) is 0.474. The van der Waals surface area contributed by atoms with Gasteiger partial charge in [0.1, 0.15) is 11.4 Å². The molecule has 0 fully saturated rings. The van der Waals surface area contributed by atoms with Crippen molar-refractivity contribution in [1.82, 2.24) is 0 Å². The quantitative estimate of drug-likeness (QED) is 0.446. The Hall–Kier alpha value is -1.82. The summed E-state index contributed by atoms with van der Waals surface area (Å²) >= 11 is 0. The normalized spacial score (nSPS) is 10.5. The van der Waals surface area contributed by atoms with Gasteiger partial charge in [-0.2, -0.15) is 0 Å². The second-order valence-electron chi connectivity index (χ2n) is 4.54. The number of nitro groups is 1. The Kier molecular flexibility index (Phi) is 6.08. The smallest absolute Gasteiger partial charge is 0.292 e. The summed E-state index contributed by atoms with van der Waals surface area (Å²) in [6, 6.07) is 4.61. The Morgan fingerprint density at radius 2 is 2.16 bits per heavy atom. The molecule has 0 atom stereocenters. The topological polar surface area (TPSA) is 73.6 Å². The van der Waals surface area contributed by atoms with E-state index in [2.05, 4.69) is 19.2 Å². The van der Waals surface area contributed by atoms with Crippen LogP contribution in [0.15, 0.2) is 18.2 Å². The van der Waals surface area contributed by atoms with Crippen molar-refractivity contribution < 1.29 is 14.4 Å². The minimum Gasteiger partial charge on any atom is -0.497 e. The SMILES string of the molecule is COc1ccc([N+](=O)[O-])c(NCCOCC(C)C)c1. The van der Waals surface area contributed by atoms with E-state index >= 15 is 0 Å². The number of hydrogen-bond acceptors (Lipinski definition) is 5. The fraction of sp³-hybridized carbons (Fsp3) is 0.538. The summed E-state index contributed by atoms with van der Waals surface area (Å²) in [7, 11) is 1.52. The molecule has 0 heterocycles. The number of hydrogen-bond donors (Lipinski definition) is 1. The summed E-state index contributed by atoms with van der Waals surface area (Å²) in [5, 5.41) is 13.9. The van der Waals surface area contributed by atoms with Crippen LogP contribution in [0.4, 0.5) is 11.4 Å². The van der Waals surface area contributed by atoms with Crippen molar-refractivity contribution in [2.75, 3.05) is 32.2 Å². The lowest BCUT2D eigenvalue weighted by Crippen LogP contribution is -2.13. The maximum absolute atomic E-state index is 10.9. The van der Waals surface area contributed by atoms with Crippen LogP contribution < -0.4 is 10.1 Å². The lowest BCUT2D eigenvalue weighted by molar-refractivity contribution is -0.384. The molecule has 0 amide bonds. The lowest BCUT2D eigenvalue weighted by Gasteiger charge is -2.10. The Morgan fingerprint density at radius 1 is 1.42 bits per heavy atom. The third-order valence-corrected chi connectivity index (χ3v) is 2.41. The molecule has 1 N–H and O–H groups in total. The molecule has 0 saturated heterocycles. The van der Waals surface area contributed by atoms with E-state index in [-0.39, 0.29) is 5.69 Å². The highest BCUT2D eigenvalue weighted by atomic mass is 16.6. The van der Waals surface area contributed by atoms with Gasteiger partial charge in [-0.3, -0.25) is 10.1 Å². The van der Waals surface area contributed by atoms with Gasteiger partial charge in [-0.15, -0.1) is 0 Å². The summed E-state index contributed by atoms with van der Waals surface area (Å²) in [6.07, 6.45) is 0. The number of benzene rings is 1. The maximum Gasteiger partial charge on any atom is 0.292 e. The van der Waals surface area contributed by atoms with Crippen molar-refractivity contribution in [3.05, 3.63) is 28.3 Å². The predicted octanol–water partition coefficient (Wildman–Crippen LogP) is 2.69. The lowest BCUT2D eigenvalue weighted by atomic mass is 10.2. The molecule has 1 rings (SSSR count). The zero-order chi connectivity index (χ0) is 14.3. The highest BCUT2D eigenvalue weighted by Gasteiger charge is 2.13. The molecular weight excluding hydrogens is 248 g/mol. The van der Waals surface area contributed by atoms with Crippen LogP contribution in [-0.4, -0.2) is 31.8 Å². The van der Waals surface area contributed by atoms with E-state index in [0.717, 1.165) is 0 Å². The van der Waals surface area contributed by atoms with Crippen molar-refractivity contribution in [1.29, 1.82) is 0 Å². The first kappa shape index (κ1) is 15.2. The molecule has 0 spiro atoms. The summed E-state index contributed by atoms with van der Waals surface area (Å²) in [5.74, 6) is 1.06. The first-order valence-corrected chi connectivity index (χ1v) is 6.18. The monoisotopic (exact) mass is 268 g/mol. The van der Waals surface area contributed by atoms with Crippen molar-refractivity contribution in [2.45, 2.75) is 13.8 Å². The van der Waals surface area contributed by atoms with Crippen LogP contribution in [0.3, 0.4) is 0 Å². The molecule has 106 valence electrons. The van der Waals surface area contributed by atoms with Gasteiger partial charge < -0.3 is 14.8 Å². The average Bonchev–Trinajstić information content (AvgIpc) is 2.37. The van der Waals surface area contributed by atoms with E-state index < -0.39 is 4.92 Å². The molecule has 1 aromatic rings. The molecule has 6 nitrogen and oxygen atoms in total. The molecule has 19 heavy (non-hydrogen) atoms. The molecule has 0 aromatic heterocycles. The minimum atomic E-state index is -0.420. The largest absolute Gasteiger partial charge is 0.497 e. The van der Waals surface area contributed by atoms with Gasteiger partial charge in [-0.05, 0) is 12.0 Å². The fourth-order valence-electron chi connectivity index (χ4n) is 1.52. The van der Waals surface area contributed by atoms with Gasteiger partial charge in [0, 0.05) is 25.3 Å². The number of methoxy groups -OCH3 is 1. The number of rotatable bonds is 8. The standard InChI is InChI=1S/C13H20N2O4/c1-10(2)9-19-7-6-14-12-8-11(18-3)4-5-13(12)15(16)17/h4-5,8,10,14H,6-7,9H2,1-3H3. The summed E-state index contributed by atoms with van der Waals surface area (Å²) in [4.78, 5) is 10.5. The van der Waals surface area contributed by atoms with Crippen LogP contribution in [-0.2, 0) is 4.74 Å². The first-order valence-electron chi connectivity index (χ1n) is 6.18. The van der Waals surface area contributed by atoms with Crippen LogP contribution in [0, 0.1) is 16.0 Å². The fourth-order valence-corrected chi connectivity index (χ4v) is 1.52. The third-order valence-electron chi connectivity index (χ3n) is 2.41. The molecule has 6 heteroatoms. The molecule has 1 aromatic carbocycles. The van der Waals surface area contributed by atoms with E-state index in [4.69, 9.17) is 9.47 Å². The second-order valence-corrected chi connectivity index (χ2v) is 4.54.